The van der Waals surface area contributed by atoms with E-state index in [1.54, 1.807) is 17.0 Å². The fourth-order valence-corrected chi connectivity index (χ4v) is 4.94. The molecule has 1 saturated heterocycles. The van der Waals surface area contributed by atoms with Crippen molar-refractivity contribution in [3.63, 3.8) is 0 Å². The summed E-state index contributed by atoms with van der Waals surface area (Å²) in [4.78, 5) is 36.7. The maximum absolute atomic E-state index is 14.0. The standard InChI is InChI=1S/C26H30BrF3N6O4/c1-25(2,3)40-24(38)36-9-7-14(8-10-36)11-32-22-33-13-17(26(28,29)30)20(35-22)16-12-31-21-15(16)5-6-18(19(21)27)34-23(37)39-4/h5-6,12-14,31H,7-11H2,1-4H3,(H,34,37)(H,32,33,35). The van der Waals surface area contributed by atoms with Gasteiger partial charge in [-0.15, -0.1) is 0 Å². The summed E-state index contributed by atoms with van der Waals surface area (Å²) in [6.07, 6.45) is -2.10. The van der Waals surface area contributed by atoms with Crippen molar-refractivity contribution in [2.24, 2.45) is 5.92 Å². The number of hydrogen-bond acceptors (Lipinski definition) is 7. The van der Waals surface area contributed by atoms with E-state index in [0.29, 0.717) is 53.5 Å². The summed E-state index contributed by atoms with van der Waals surface area (Å²) in [5.74, 6) is 0.243. The van der Waals surface area contributed by atoms with Crippen LogP contribution in [0.2, 0.25) is 0 Å². The molecule has 1 aromatic carbocycles. The van der Waals surface area contributed by atoms with Gasteiger partial charge in [0.25, 0.3) is 0 Å². The lowest BCUT2D eigenvalue weighted by Crippen LogP contribution is -2.42. The summed E-state index contributed by atoms with van der Waals surface area (Å²) in [5, 5.41) is 6.07. The highest BCUT2D eigenvalue weighted by Gasteiger charge is 2.36. The van der Waals surface area contributed by atoms with E-state index in [0.717, 1.165) is 6.20 Å². The summed E-state index contributed by atoms with van der Waals surface area (Å²) in [5.41, 5.74) is -0.748. The molecule has 4 rings (SSSR count). The first-order valence-corrected chi connectivity index (χ1v) is 13.4. The first kappa shape index (κ1) is 29.4. The van der Waals surface area contributed by atoms with Gasteiger partial charge in [0.2, 0.25) is 5.95 Å². The molecule has 0 radical (unpaired) electrons. The van der Waals surface area contributed by atoms with Crippen LogP contribution in [-0.4, -0.2) is 64.4 Å². The number of anilines is 2. The third-order valence-corrected chi connectivity index (χ3v) is 7.20. The molecule has 2 amide bonds. The van der Waals surface area contributed by atoms with E-state index in [9.17, 15) is 22.8 Å². The molecule has 3 N–H and O–H groups in total. The number of fused-ring (bicyclic) bond motifs is 1. The van der Waals surface area contributed by atoms with Gasteiger partial charge in [0.15, 0.2) is 0 Å². The molecule has 0 spiro atoms. The number of alkyl halides is 3. The highest BCUT2D eigenvalue weighted by Crippen LogP contribution is 2.41. The molecule has 10 nitrogen and oxygen atoms in total. The molecule has 3 aromatic rings. The van der Waals surface area contributed by atoms with Crippen molar-refractivity contribution in [3.05, 3.63) is 34.6 Å². The topological polar surface area (TPSA) is 121 Å². The molecule has 40 heavy (non-hydrogen) atoms. The molecule has 0 unspecified atom stereocenters. The number of hydrogen-bond donors (Lipinski definition) is 3. The largest absolute Gasteiger partial charge is 0.453 e. The lowest BCUT2D eigenvalue weighted by Gasteiger charge is -2.33. The molecule has 216 valence electrons. The SMILES string of the molecule is COC(=O)Nc1ccc2c(-c3nc(NCC4CCN(C(=O)OC(C)(C)C)CC4)ncc3C(F)(F)F)c[nH]c2c1Br. The van der Waals surface area contributed by atoms with Crippen molar-refractivity contribution in [3.8, 4) is 11.3 Å². The van der Waals surface area contributed by atoms with Gasteiger partial charge in [-0.05, 0) is 61.5 Å². The third kappa shape index (κ3) is 6.77. The number of aromatic nitrogens is 3. The van der Waals surface area contributed by atoms with Gasteiger partial charge in [0.1, 0.15) is 11.2 Å². The first-order chi connectivity index (χ1) is 18.8. The molecule has 0 atom stereocenters. The van der Waals surface area contributed by atoms with Crippen LogP contribution in [0.15, 0.2) is 29.0 Å². The van der Waals surface area contributed by atoms with Gasteiger partial charge < -0.3 is 24.7 Å². The minimum absolute atomic E-state index is 0.0648. The van der Waals surface area contributed by atoms with Crippen LogP contribution in [0, 0.1) is 5.92 Å². The fraction of sp³-hybridized carbons (Fsp3) is 0.462. The van der Waals surface area contributed by atoms with E-state index < -0.39 is 23.4 Å². The zero-order chi connectivity index (χ0) is 29.2. The molecule has 1 fully saturated rings. The number of rotatable bonds is 5. The Morgan fingerprint density at radius 1 is 1.20 bits per heavy atom. The molecular formula is C26H30BrF3N6O4. The van der Waals surface area contributed by atoms with Gasteiger partial charge in [-0.3, -0.25) is 5.32 Å². The Balaban J connectivity index is 1.53. The van der Waals surface area contributed by atoms with Crippen molar-refractivity contribution in [2.45, 2.75) is 45.4 Å². The van der Waals surface area contributed by atoms with Gasteiger partial charge in [-0.1, -0.05) is 6.07 Å². The number of ether oxygens (including phenoxy) is 2. The highest BCUT2D eigenvalue weighted by atomic mass is 79.9. The van der Waals surface area contributed by atoms with Gasteiger partial charge in [0, 0.05) is 43.0 Å². The van der Waals surface area contributed by atoms with E-state index >= 15 is 0 Å². The predicted molar refractivity (Wildman–Crippen MR) is 147 cm³/mol. The number of halogens is 4. The van der Waals surface area contributed by atoms with E-state index in [4.69, 9.17) is 4.74 Å². The van der Waals surface area contributed by atoms with Crippen LogP contribution in [0.1, 0.15) is 39.2 Å². The normalized spacial score (nSPS) is 14.8. The van der Waals surface area contributed by atoms with Crippen LogP contribution in [-0.2, 0) is 15.7 Å². The minimum atomic E-state index is -4.68. The number of likely N-dealkylation sites (tertiary alicyclic amines) is 1. The Bertz CT molecular complexity index is 1400. The van der Waals surface area contributed by atoms with Crippen LogP contribution >= 0.6 is 15.9 Å². The molecule has 14 heteroatoms. The minimum Gasteiger partial charge on any atom is -0.453 e. The molecule has 1 aliphatic rings. The number of aromatic amines is 1. The molecule has 0 aliphatic carbocycles. The summed E-state index contributed by atoms with van der Waals surface area (Å²) in [7, 11) is 1.22. The van der Waals surface area contributed by atoms with Crippen molar-refractivity contribution in [2.75, 3.05) is 37.4 Å². The fourth-order valence-electron chi connectivity index (χ4n) is 4.38. The predicted octanol–water partition coefficient (Wildman–Crippen LogP) is 6.64. The number of nitrogens with zero attached hydrogens (tertiary/aromatic N) is 3. The van der Waals surface area contributed by atoms with E-state index in [-0.39, 0.29) is 29.2 Å². The number of benzene rings is 1. The number of nitrogens with one attached hydrogen (secondary N) is 3. The van der Waals surface area contributed by atoms with Crippen LogP contribution in [0.25, 0.3) is 22.2 Å². The number of carbonyl (C=O) groups excluding carboxylic acids is 2. The van der Waals surface area contributed by atoms with Crippen molar-refractivity contribution >= 4 is 50.7 Å². The zero-order valence-electron chi connectivity index (χ0n) is 22.4. The maximum Gasteiger partial charge on any atom is 0.419 e. The Labute approximate surface area is 237 Å². The van der Waals surface area contributed by atoms with E-state index in [1.807, 2.05) is 20.8 Å². The maximum atomic E-state index is 14.0. The average molecular weight is 627 g/mol. The number of H-pyrrole nitrogens is 1. The smallest absolute Gasteiger partial charge is 0.419 e. The second kappa shape index (κ2) is 11.5. The van der Waals surface area contributed by atoms with Crippen molar-refractivity contribution < 1.29 is 32.2 Å². The molecule has 3 heterocycles. The van der Waals surface area contributed by atoms with Gasteiger partial charge >= 0.3 is 18.4 Å². The van der Waals surface area contributed by atoms with Crippen LogP contribution in [0.3, 0.4) is 0 Å². The zero-order valence-corrected chi connectivity index (χ0v) is 24.0. The summed E-state index contributed by atoms with van der Waals surface area (Å²) in [6.45, 7) is 6.93. The first-order valence-electron chi connectivity index (χ1n) is 12.6. The second-order valence-corrected chi connectivity index (χ2v) is 11.2. The Morgan fingerprint density at radius 3 is 2.52 bits per heavy atom. The Kier molecular flexibility index (Phi) is 8.47. The monoisotopic (exact) mass is 626 g/mol. The van der Waals surface area contributed by atoms with Crippen LogP contribution in [0.4, 0.5) is 34.4 Å². The van der Waals surface area contributed by atoms with E-state index in [2.05, 4.69) is 46.3 Å². The van der Waals surface area contributed by atoms with E-state index in [1.165, 1.54) is 13.3 Å². The molecule has 2 aromatic heterocycles. The Hall–Kier alpha value is -3.55. The number of methoxy groups -OCH3 is 1. The van der Waals surface area contributed by atoms with Crippen molar-refractivity contribution in [1.82, 2.24) is 19.9 Å². The van der Waals surface area contributed by atoms with Gasteiger partial charge in [0.05, 0.1) is 28.5 Å². The van der Waals surface area contributed by atoms with Crippen molar-refractivity contribution in [1.29, 1.82) is 0 Å². The second-order valence-electron chi connectivity index (χ2n) is 10.4. The molecule has 1 aliphatic heterocycles. The molecule has 0 bridgehead atoms. The highest BCUT2D eigenvalue weighted by molar-refractivity contribution is 9.10. The van der Waals surface area contributed by atoms with Gasteiger partial charge in [-0.2, -0.15) is 13.2 Å². The number of piperidine rings is 1. The summed E-state index contributed by atoms with van der Waals surface area (Å²) >= 11 is 3.39. The number of carbonyl (C=O) groups is 2. The summed E-state index contributed by atoms with van der Waals surface area (Å²) in [6, 6.07) is 3.14. The lowest BCUT2D eigenvalue weighted by atomic mass is 9.97. The molecular weight excluding hydrogens is 597 g/mol. The quantitative estimate of drug-likeness (QED) is 0.290. The van der Waals surface area contributed by atoms with Gasteiger partial charge in [-0.25, -0.2) is 19.6 Å². The lowest BCUT2D eigenvalue weighted by molar-refractivity contribution is -0.137. The average Bonchev–Trinajstić information content (AvgIpc) is 3.32. The molecule has 0 saturated carbocycles. The summed E-state index contributed by atoms with van der Waals surface area (Å²) < 4.78 is 52.3. The number of amides is 2. The van der Waals surface area contributed by atoms with Crippen LogP contribution in [0.5, 0.6) is 0 Å². The third-order valence-electron chi connectivity index (χ3n) is 6.38. The Morgan fingerprint density at radius 2 is 1.90 bits per heavy atom. The van der Waals surface area contributed by atoms with Crippen LogP contribution < -0.4 is 10.6 Å².